The van der Waals surface area contributed by atoms with Crippen molar-refractivity contribution in [3.63, 3.8) is 0 Å². The Labute approximate surface area is 718 Å². The van der Waals surface area contributed by atoms with Crippen LogP contribution in [0.1, 0.15) is 406 Å². The lowest BCUT2D eigenvalue weighted by Gasteiger charge is -2.48. The molecule has 0 spiro atoms. The molecule has 0 aromatic heterocycles. The Bertz CT molecular complexity index is 2460. The van der Waals surface area contributed by atoms with Gasteiger partial charge in [0.1, 0.15) is 73.2 Å². The van der Waals surface area contributed by atoms with Crippen molar-refractivity contribution in [2.45, 2.75) is 510 Å². The number of ether oxygens (including phenoxy) is 6. The molecule has 3 saturated heterocycles. The Hall–Kier alpha value is -3.03. The van der Waals surface area contributed by atoms with Crippen molar-refractivity contribution in [2.75, 3.05) is 26.4 Å². The molecule has 17 unspecified atom stereocenters. The van der Waals surface area contributed by atoms with Gasteiger partial charge in [-0.3, -0.25) is 4.79 Å². The fourth-order valence-corrected chi connectivity index (χ4v) is 16.3. The molecule has 0 aromatic carbocycles. The standard InChI is InChI=1S/C99H179NO18/c1-3-5-7-9-11-13-15-17-19-21-23-25-27-29-31-33-35-37-38-39-40-41-42-43-44-45-47-49-51-53-55-57-59-61-63-65-67-69-71-73-75-77-87(105)100-82(83(104)76-74-72-70-68-66-64-62-60-58-56-54-52-50-48-46-36-34-32-30-28-26-24-22-20-18-16-14-12-10-8-6-4-2)81-113-97-93(111)90(108)95(85(79-102)115-97)118-99-94(112)91(109)96(86(80-103)116-99)117-98-92(110)89(107)88(106)84(78-101)114-98/h5,7,11,13,17,19,23,25,29,31,35,37,39-40,82-86,88-99,101-104,106-112H,3-4,6,8-10,12,14-16,18,20-22,24,26-28,30,32-34,36,38,41-81H2,1-2H3,(H,100,105)/b7-5-,13-11-,19-17-,25-23-,31-29-,37-35-,40-39-. The smallest absolute Gasteiger partial charge is 0.220 e. The topological polar surface area (TPSA) is 307 Å². The van der Waals surface area contributed by atoms with Crippen molar-refractivity contribution in [1.29, 1.82) is 0 Å². The van der Waals surface area contributed by atoms with Crippen LogP contribution in [0.25, 0.3) is 0 Å². The zero-order valence-electron chi connectivity index (χ0n) is 74.6. The second kappa shape index (κ2) is 77.5. The molecule has 19 heteroatoms. The third-order valence-electron chi connectivity index (χ3n) is 24.0. The van der Waals surface area contributed by atoms with Gasteiger partial charge in [0.05, 0.1) is 38.6 Å². The highest BCUT2D eigenvalue weighted by Crippen LogP contribution is 2.34. The van der Waals surface area contributed by atoms with Gasteiger partial charge in [0.25, 0.3) is 0 Å². The Morgan fingerprint density at radius 2 is 0.585 bits per heavy atom. The summed E-state index contributed by atoms with van der Waals surface area (Å²) in [6, 6.07) is -0.892. The summed E-state index contributed by atoms with van der Waals surface area (Å²) < 4.78 is 34.7. The number of amides is 1. The zero-order valence-corrected chi connectivity index (χ0v) is 74.6. The molecular weight excluding hydrogens is 1490 g/mol. The van der Waals surface area contributed by atoms with Gasteiger partial charge in [-0.25, -0.2) is 0 Å². The molecule has 0 saturated carbocycles. The molecule has 12 N–H and O–H groups in total. The van der Waals surface area contributed by atoms with Crippen molar-refractivity contribution >= 4 is 5.91 Å². The maximum atomic E-state index is 13.6. The fraction of sp³-hybridized carbons (Fsp3) is 0.848. The third kappa shape index (κ3) is 54.7. The average Bonchev–Trinajstić information content (AvgIpc) is 0.777. The quantitative estimate of drug-likeness (QED) is 0.0199. The van der Waals surface area contributed by atoms with E-state index in [1.807, 2.05) is 0 Å². The van der Waals surface area contributed by atoms with Gasteiger partial charge in [0, 0.05) is 6.42 Å². The van der Waals surface area contributed by atoms with Crippen LogP contribution in [-0.4, -0.2) is 193 Å². The van der Waals surface area contributed by atoms with E-state index < -0.39 is 124 Å². The van der Waals surface area contributed by atoms with E-state index >= 15 is 0 Å². The number of rotatable bonds is 80. The minimum atomic E-state index is -1.98. The largest absolute Gasteiger partial charge is 0.394 e. The van der Waals surface area contributed by atoms with Gasteiger partial charge in [-0.15, -0.1) is 0 Å². The monoisotopic (exact) mass is 1670 g/mol. The molecule has 3 fully saturated rings. The number of nitrogens with one attached hydrogen (secondary N) is 1. The highest BCUT2D eigenvalue weighted by Gasteiger charge is 2.54. The lowest BCUT2D eigenvalue weighted by atomic mass is 9.96. The first kappa shape index (κ1) is 109. The average molecular weight is 1670 g/mol. The van der Waals surface area contributed by atoms with Crippen LogP contribution in [0.4, 0.5) is 0 Å². The van der Waals surface area contributed by atoms with E-state index in [-0.39, 0.29) is 18.9 Å². The summed E-state index contributed by atoms with van der Waals surface area (Å²) in [5.41, 5.74) is 0. The summed E-state index contributed by atoms with van der Waals surface area (Å²) in [5.74, 6) is -0.237. The minimum absolute atomic E-state index is 0.237. The van der Waals surface area contributed by atoms with Crippen molar-refractivity contribution in [2.24, 2.45) is 0 Å². The summed E-state index contributed by atoms with van der Waals surface area (Å²) >= 11 is 0. The van der Waals surface area contributed by atoms with Gasteiger partial charge < -0.3 is 89.9 Å². The van der Waals surface area contributed by atoms with Crippen LogP contribution in [0.15, 0.2) is 85.1 Å². The number of aliphatic hydroxyl groups excluding tert-OH is 11. The molecule has 688 valence electrons. The van der Waals surface area contributed by atoms with Crippen LogP contribution in [0.5, 0.6) is 0 Å². The molecule has 17 atom stereocenters. The number of unbranched alkanes of at least 4 members (excludes halogenated alkanes) is 50. The highest BCUT2D eigenvalue weighted by atomic mass is 16.8. The lowest BCUT2D eigenvalue weighted by molar-refractivity contribution is -0.379. The maximum Gasteiger partial charge on any atom is 0.220 e. The van der Waals surface area contributed by atoms with Crippen molar-refractivity contribution in [3.8, 4) is 0 Å². The Balaban J connectivity index is 1.28. The van der Waals surface area contributed by atoms with E-state index in [2.05, 4.69) is 104 Å². The number of aliphatic hydroxyl groups is 11. The lowest BCUT2D eigenvalue weighted by Crippen LogP contribution is -2.66. The molecule has 19 nitrogen and oxygen atoms in total. The number of allylic oxidation sites excluding steroid dienone is 14. The van der Waals surface area contributed by atoms with Gasteiger partial charge in [-0.05, 0) is 70.6 Å². The molecule has 0 aromatic rings. The van der Waals surface area contributed by atoms with E-state index in [0.29, 0.717) is 12.8 Å². The second-order valence-corrected chi connectivity index (χ2v) is 34.5. The first-order valence-electron chi connectivity index (χ1n) is 48.8. The van der Waals surface area contributed by atoms with Crippen molar-refractivity contribution in [3.05, 3.63) is 85.1 Å². The molecule has 0 aliphatic carbocycles. The fourth-order valence-electron chi connectivity index (χ4n) is 16.3. The van der Waals surface area contributed by atoms with Gasteiger partial charge in [-0.1, -0.05) is 414 Å². The molecule has 0 bridgehead atoms. The number of carbonyl (C=O) groups excluding carboxylic acids is 1. The van der Waals surface area contributed by atoms with Crippen LogP contribution in [0, 0.1) is 0 Å². The molecule has 3 rings (SSSR count). The molecule has 3 heterocycles. The van der Waals surface area contributed by atoms with Crippen molar-refractivity contribution < 1.29 is 89.4 Å². The molecule has 3 aliphatic rings. The molecule has 1 amide bonds. The minimum Gasteiger partial charge on any atom is -0.394 e. The SMILES string of the molecule is CC/C=C\C/C=C\C/C=C\C/C=C\C/C=C\C/C=C\C/C=C\CCCCCCCCCCCCCCCCCCCCCC(=O)NC(COC1OC(CO)C(OC2OC(CO)C(OC3OC(CO)C(O)C(O)C3O)C(O)C2O)C(O)C1O)C(O)CCCCCCCCCCCCCCCCCCCCCCCCCCCCCCCCCC. The molecule has 118 heavy (non-hydrogen) atoms. The van der Waals surface area contributed by atoms with Gasteiger partial charge in [0.2, 0.25) is 5.91 Å². The maximum absolute atomic E-state index is 13.6. The number of hydrogen-bond donors (Lipinski definition) is 12. The molecular formula is C99H179NO18. The summed E-state index contributed by atoms with van der Waals surface area (Å²) in [6.45, 7) is 1.75. The summed E-state index contributed by atoms with van der Waals surface area (Å²) in [4.78, 5) is 13.6. The van der Waals surface area contributed by atoms with Crippen LogP contribution in [0.2, 0.25) is 0 Å². The summed E-state index contributed by atoms with van der Waals surface area (Å²) in [5, 5.41) is 122. The van der Waals surface area contributed by atoms with E-state index in [1.165, 1.54) is 283 Å². The second-order valence-electron chi connectivity index (χ2n) is 34.5. The first-order valence-corrected chi connectivity index (χ1v) is 48.8. The van der Waals surface area contributed by atoms with Gasteiger partial charge >= 0.3 is 0 Å². The molecule has 0 radical (unpaired) electrons. The summed E-state index contributed by atoms with van der Waals surface area (Å²) in [6.07, 6.45) is 79.9. The van der Waals surface area contributed by atoms with Crippen molar-refractivity contribution in [1.82, 2.24) is 5.32 Å². The van der Waals surface area contributed by atoms with Crippen LogP contribution >= 0.6 is 0 Å². The number of carbonyl (C=O) groups is 1. The Morgan fingerprint density at radius 3 is 0.915 bits per heavy atom. The Morgan fingerprint density at radius 1 is 0.314 bits per heavy atom. The van der Waals surface area contributed by atoms with E-state index in [4.69, 9.17) is 28.4 Å². The highest BCUT2D eigenvalue weighted by molar-refractivity contribution is 5.76. The van der Waals surface area contributed by atoms with Crippen LogP contribution < -0.4 is 5.32 Å². The van der Waals surface area contributed by atoms with E-state index in [1.54, 1.807) is 0 Å². The normalized spacial score (nSPS) is 24.6. The number of hydrogen-bond acceptors (Lipinski definition) is 18. The van der Waals surface area contributed by atoms with E-state index in [0.717, 1.165) is 89.9 Å². The predicted octanol–water partition coefficient (Wildman–Crippen LogP) is 20.0. The van der Waals surface area contributed by atoms with Crippen LogP contribution in [-0.2, 0) is 33.2 Å². The zero-order chi connectivity index (χ0) is 85.2. The first-order chi connectivity index (χ1) is 57.8. The van der Waals surface area contributed by atoms with Gasteiger partial charge in [-0.2, -0.15) is 0 Å². The van der Waals surface area contributed by atoms with Gasteiger partial charge in [0.15, 0.2) is 18.9 Å². The van der Waals surface area contributed by atoms with E-state index in [9.17, 15) is 61.0 Å². The summed E-state index contributed by atoms with van der Waals surface area (Å²) in [7, 11) is 0. The van der Waals surface area contributed by atoms with Crippen LogP contribution in [0.3, 0.4) is 0 Å². The molecule has 3 aliphatic heterocycles. The Kier molecular flexibility index (Phi) is 71.7. The predicted molar refractivity (Wildman–Crippen MR) is 480 cm³/mol. The third-order valence-corrected chi connectivity index (χ3v) is 24.0.